The van der Waals surface area contributed by atoms with Gasteiger partial charge in [-0.2, -0.15) is 0 Å². The lowest BCUT2D eigenvalue weighted by atomic mass is 10.0. The quantitative estimate of drug-likeness (QED) is 0.776. The summed E-state index contributed by atoms with van der Waals surface area (Å²) >= 11 is 0. The van der Waals surface area contributed by atoms with E-state index < -0.39 is 0 Å². The van der Waals surface area contributed by atoms with Crippen LogP contribution >= 0.6 is 0 Å². The van der Waals surface area contributed by atoms with Gasteiger partial charge in [-0.05, 0) is 45.6 Å². The second-order valence-corrected chi connectivity index (χ2v) is 5.57. The molecule has 4 heteroatoms. The summed E-state index contributed by atoms with van der Waals surface area (Å²) in [4.78, 5) is 16.5. The minimum absolute atomic E-state index is 0.260. The van der Waals surface area contributed by atoms with E-state index in [1.54, 1.807) is 0 Å². The van der Waals surface area contributed by atoms with Crippen LogP contribution in [0.3, 0.4) is 0 Å². The molecular weight excluding hydrogens is 214 g/mol. The minimum atomic E-state index is 0.260. The Balaban J connectivity index is 1.83. The number of likely N-dealkylation sites (tertiary alicyclic amines) is 2. The third-order valence-electron chi connectivity index (χ3n) is 4.02. The SMILES string of the molecule is CC1CCCCN1C(=O)CN1CCC[C@@H](N)C1. The van der Waals surface area contributed by atoms with Gasteiger partial charge in [-0.1, -0.05) is 0 Å². The zero-order valence-electron chi connectivity index (χ0n) is 10.9. The molecule has 2 saturated heterocycles. The third kappa shape index (κ3) is 3.42. The summed E-state index contributed by atoms with van der Waals surface area (Å²) in [7, 11) is 0. The van der Waals surface area contributed by atoms with Crippen molar-refractivity contribution in [1.82, 2.24) is 9.80 Å². The largest absolute Gasteiger partial charge is 0.339 e. The average molecular weight is 239 g/mol. The van der Waals surface area contributed by atoms with Gasteiger partial charge < -0.3 is 10.6 Å². The molecule has 0 bridgehead atoms. The van der Waals surface area contributed by atoms with Crippen LogP contribution in [-0.4, -0.2) is 54.0 Å². The Morgan fingerprint density at radius 3 is 2.76 bits per heavy atom. The van der Waals surface area contributed by atoms with Gasteiger partial charge in [-0.15, -0.1) is 0 Å². The average Bonchev–Trinajstić information content (AvgIpc) is 2.29. The lowest BCUT2D eigenvalue weighted by Crippen LogP contribution is -2.50. The first-order valence-corrected chi connectivity index (χ1v) is 6.94. The van der Waals surface area contributed by atoms with Crippen molar-refractivity contribution >= 4 is 5.91 Å². The fraction of sp³-hybridized carbons (Fsp3) is 0.923. The molecular formula is C13H25N3O. The maximum Gasteiger partial charge on any atom is 0.236 e. The van der Waals surface area contributed by atoms with Crippen LogP contribution < -0.4 is 5.73 Å². The van der Waals surface area contributed by atoms with Crippen molar-refractivity contribution in [3.63, 3.8) is 0 Å². The van der Waals surface area contributed by atoms with Gasteiger partial charge in [-0.3, -0.25) is 9.69 Å². The normalized spacial score (nSPS) is 31.5. The Hall–Kier alpha value is -0.610. The number of nitrogens with zero attached hydrogens (tertiary/aromatic N) is 2. The van der Waals surface area contributed by atoms with Crippen molar-refractivity contribution < 1.29 is 4.79 Å². The second kappa shape index (κ2) is 5.83. The Morgan fingerprint density at radius 1 is 1.24 bits per heavy atom. The Morgan fingerprint density at radius 2 is 2.06 bits per heavy atom. The summed E-state index contributed by atoms with van der Waals surface area (Å²) < 4.78 is 0. The molecule has 0 spiro atoms. The van der Waals surface area contributed by atoms with Crippen LogP contribution in [0.2, 0.25) is 0 Å². The van der Waals surface area contributed by atoms with Crippen molar-refractivity contribution in [3.8, 4) is 0 Å². The summed E-state index contributed by atoms with van der Waals surface area (Å²) in [6.45, 7) is 5.59. The van der Waals surface area contributed by atoms with Crippen LogP contribution in [0, 0.1) is 0 Å². The van der Waals surface area contributed by atoms with E-state index in [1.165, 1.54) is 6.42 Å². The minimum Gasteiger partial charge on any atom is -0.339 e. The standard InChI is InChI=1S/C13H25N3O/c1-11-5-2-3-8-16(11)13(17)10-15-7-4-6-12(14)9-15/h11-12H,2-10,14H2,1H3/t11?,12-/m1/s1. The van der Waals surface area contributed by atoms with E-state index in [9.17, 15) is 4.79 Å². The maximum absolute atomic E-state index is 12.2. The zero-order chi connectivity index (χ0) is 12.3. The molecule has 17 heavy (non-hydrogen) atoms. The number of nitrogens with two attached hydrogens (primary N) is 1. The van der Waals surface area contributed by atoms with E-state index >= 15 is 0 Å². The molecule has 1 unspecified atom stereocenters. The molecule has 0 saturated carbocycles. The number of amides is 1. The molecule has 0 aromatic rings. The molecule has 2 aliphatic rings. The smallest absolute Gasteiger partial charge is 0.236 e. The zero-order valence-corrected chi connectivity index (χ0v) is 10.9. The highest BCUT2D eigenvalue weighted by Gasteiger charge is 2.26. The van der Waals surface area contributed by atoms with Crippen molar-refractivity contribution in [3.05, 3.63) is 0 Å². The van der Waals surface area contributed by atoms with Crippen molar-refractivity contribution in [1.29, 1.82) is 0 Å². The maximum atomic E-state index is 12.2. The fourth-order valence-corrected chi connectivity index (χ4v) is 2.99. The summed E-state index contributed by atoms with van der Waals surface area (Å²) in [5.74, 6) is 0.298. The monoisotopic (exact) mass is 239 g/mol. The van der Waals surface area contributed by atoms with E-state index in [2.05, 4.69) is 16.7 Å². The van der Waals surface area contributed by atoms with Crippen molar-refractivity contribution in [2.75, 3.05) is 26.2 Å². The van der Waals surface area contributed by atoms with Crippen LogP contribution in [0.4, 0.5) is 0 Å². The molecule has 2 fully saturated rings. The number of carbonyl (C=O) groups is 1. The number of piperidine rings is 2. The van der Waals surface area contributed by atoms with Gasteiger partial charge in [0, 0.05) is 25.2 Å². The Kier molecular flexibility index (Phi) is 4.40. The van der Waals surface area contributed by atoms with Gasteiger partial charge >= 0.3 is 0 Å². The van der Waals surface area contributed by atoms with Crippen LogP contribution in [0.25, 0.3) is 0 Å². The molecule has 0 radical (unpaired) electrons. The lowest BCUT2D eigenvalue weighted by molar-refractivity contribution is -0.135. The van der Waals surface area contributed by atoms with Crippen molar-refractivity contribution in [2.45, 2.75) is 51.1 Å². The van der Waals surface area contributed by atoms with E-state index in [-0.39, 0.29) is 6.04 Å². The molecule has 4 nitrogen and oxygen atoms in total. The molecule has 0 aromatic carbocycles. The van der Waals surface area contributed by atoms with Gasteiger partial charge in [0.1, 0.15) is 0 Å². The Bertz CT molecular complexity index is 269. The molecule has 2 heterocycles. The van der Waals surface area contributed by atoms with Crippen LogP contribution in [0.5, 0.6) is 0 Å². The van der Waals surface area contributed by atoms with Crippen LogP contribution in [0.1, 0.15) is 39.0 Å². The lowest BCUT2D eigenvalue weighted by Gasteiger charge is -2.36. The molecule has 98 valence electrons. The number of hydrogen-bond acceptors (Lipinski definition) is 3. The van der Waals surface area contributed by atoms with Gasteiger partial charge in [-0.25, -0.2) is 0 Å². The fourth-order valence-electron chi connectivity index (χ4n) is 2.99. The van der Waals surface area contributed by atoms with Crippen molar-refractivity contribution in [2.24, 2.45) is 5.73 Å². The Labute approximate surface area is 104 Å². The highest BCUT2D eigenvalue weighted by molar-refractivity contribution is 5.78. The number of rotatable bonds is 2. The topological polar surface area (TPSA) is 49.6 Å². The molecule has 2 atom stereocenters. The molecule has 2 aliphatic heterocycles. The van der Waals surface area contributed by atoms with E-state index in [1.807, 2.05) is 0 Å². The number of carbonyl (C=O) groups excluding carboxylic acids is 1. The first-order valence-electron chi connectivity index (χ1n) is 6.94. The molecule has 2 N–H and O–H groups in total. The summed E-state index contributed by atoms with van der Waals surface area (Å²) in [5, 5.41) is 0. The van der Waals surface area contributed by atoms with E-state index in [4.69, 9.17) is 5.73 Å². The van der Waals surface area contributed by atoms with E-state index in [0.29, 0.717) is 18.5 Å². The van der Waals surface area contributed by atoms with Gasteiger partial charge in [0.05, 0.1) is 6.54 Å². The van der Waals surface area contributed by atoms with E-state index in [0.717, 1.165) is 45.3 Å². The summed E-state index contributed by atoms with van der Waals surface area (Å²) in [6.07, 6.45) is 5.81. The third-order valence-corrected chi connectivity index (χ3v) is 4.02. The molecule has 1 amide bonds. The van der Waals surface area contributed by atoms with Gasteiger partial charge in [0.2, 0.25) is 5.91 Å². The summed E-state index contributed by atoms with van der Waals surface area (Å²) in [5.41, 5.74) is 5.94. The van der Waals surface area contributed by atoms with Crippen LogP contribution in [0.15, 0.2) is 0 Å². The molecule has 0 aromatic heterocycles. The highest BCUT2D eigenvalue weighted by Crippen LogP contribution is 2.17. The molecule has 0 aliphatic carbocycles. The second-order valence-electron chi connectivity index (χ2n) is 5.57. The number of hydrogen-bond donors (Lipinski definition) is 1. The first-order chi connectivity index (χ1) is 8.16. The predicted octanol–water partition coefficient (Wildman–Crippen LogP) is 0.811. The first kappa shape index (κ1) is 12.8. The highest BCUT2D eigenvalue weighted by atomic mass is 16.2. The molecule has 2 rings (SSSR count). The van der Waals surface area contributed by atoms with Gasteiger partial charge in [0.25, 0.3) is 0 Å². The van der Waals surface area contributed by atoms with Gasteiger partial charge in [0.15, 0.2) is 0 Å². The summed E-state index contributed by atoms with van der Waals surface area (Å²) in [6, 6.07) is 0.685. The van der Waals surface area contributed by atoms with Crippen LogP contribution in [-0.2, 0) is 4.79 Å². The predicted molar refractivity (Wildman–Crippen MR) is 68.7 cm³/mol.